The molecule has 0 rings (SSSR count). The van der Waals surface area contributed by atoms with E-state index in [4.69, 9.17) is 23.7 Å². The van der Waals surface area contributed by atoms with Crippen molar-refractivity contribution in [3.63, 3.8) is 0 Å². The zero-order chi connectivity index (χ0) is 18.5. The van der Waals surface area contributed by atoms with Crippen LogP contribution in [0.4, 0.5) is 0 Å². The molecular weight excluding hydrogens is 318 g/mol. The second-order valence-electron chi connectivity index (χ2n) is 4.81. The molecule has 0 aliphatic rings. The summed E-state index contributed by atoms with van der Waals surface area (Å²) in [5.74, 6) is -1.15. The van der Waals surface area contributed by atoms with Crippen molar-refractivity contribution in [1.82, 2.24) is 0 Å². The van der Waals surface area contributed by atoms with Crippen molar-refractivity contribution >= 4 is 11.9 Å². The number of nitriles is 1. The summed E-state index contributed by atoms with van der Waals surface area (Å²) in [6.07, 6.45) is -3.86. The summed E-state index contributed by atoms with van der Waals surface area (Å²) in [7, 11) is 0. The molecule has 8 heteroatoms. The summed E-state index contributed by atoms with van der Waals surface area (Å²) in [6.45, 7) is 8.64. The molecule has 0 N–H and O–H groups in total. The van der Waals surface area contributed by atoms with E-state index in [0.29, 0.717) is 6.61 Å². The maximum absolute atomic E-state index is 11.5. The van der Waals surface area contributed by atoms with E-state index >= 15 is 0 Å². The Hall–Kier alpha value is -1.69. The van der Waals surface area contributed by atoms with Gasteiger partial charge in [0.15, 0.2) is 18.3 Å². The molecule has 0 aromatic carbocycles. The van der Waals surface area contributed by atoms with Crippen LogP contribution in [0.1, 0.15) is 34.6 Å². The van der Waals surface area contributed by atoms with Gasteiger partial charge in [-0.05, 0) is 20.8 Å². The van der Waals surface area contributed by atoms with Crippen molar-refractivity contribution in [2.24, 2.45) is 0 Å². The zero-order valence-corrected chi connectivity index (χ0v) is 14.9. The van der Waals surface area contributed by atoms with Crippen LogP contribution in [0.3, 0.4) is 0 Å². The molecule has 0 unspecified atom stereocenters. The Morgan fingerprint density at radius 3 is 1.92 bits per heavy atom. The first kappa shape index (κ1) is 22.3. The predicted molar refractivity (Wildman–Crippen MR) is 84.0 cm³/mol. The lowest BCUT2D eigenvalue weighted by Crippen LogP contribution is -2.51. The molecule has 0 radical (unpaired) electrons. The summed E-state index contributed by atoms with van der Waals surface area (Å²) in [4.78, 5) is 22.9. The lowest BCUT2D eigenvalue weighted by Gasteiger charge is -2.33. The number of ether oxygens (including phenoxy) is 5. The van der Waals surface area contributed by atoms with Crippen molar-refractivity contribution in [3.8, 4) is 6.07 Å². The van der Waals surface area contributed by atoms with Gasteiger partial charge in [0.05, 0.1) is 12.7 Å². The van der Waals surface area contributed by atoms with Gasteiger partial charge in [0.2, 0.25) is 0 Å². The van der Waals surface area contributed by atoms with Crippen molar-refractivity contribution in [2.75, 3.05) is 26.4 Å². The van der Waals surface area contributed by atoms with Gasteiger partial charge in [0.1, 0.15) is 6.10 Å². The highest BCUT2D eigenvalue weighted by Crippen LogP contribution is 2.19. The number of rotatable bonds is 12. The maximum Gasteiger partial charge on any atom is 0.303 e. The lowest BCUT2D eigenvalue weighted by atomic mass is 10.0. The van der Waals surface area contributed by atoms with Crippen molar-refractivity contribution in [3.05, 3.63) is 0 Å². The first-order chi connectivity index (χ1) is 11.4. The number of esters is 2. The topological polar surface area (TPSA) is 104 Å². The standard InChI is InChI=1S/C16H27NO7/c1-6-20-10-14(23-11(4)18)16(24-12(5)19)15(22-8-3)13(9-17)21-7-2/h13-16H,6-8,10H2,1-5H3/t13-,14+,15+,16+/m1/s1. The van der Waals surface area contributed by atoms with Crippen LogP contribution in [0.5, 0.6) is 0 Å². The third kappa shape index (κ3) is 8.24. The number of hydrogen-bond donors (Lipinski definition) is 0. The van der Waals surface area contributed by atoms with Gasteiger partial charge in [0.25, 0.3) is 0 Å². The van der Waals surface area contributed by atoms with Crippen LogP contribution in [0.15, 0.2) is 0 Å². The van der Waals surface area contributed by atoms with Crippen molar-refractivity contribution in [1.29, 1.82) is 5.26 Å². The lowest BCUT2D eigenvalue weighted by molar-refractivity contribution is -0.193. The van der Waals surface area contributed by atoms with E-state index in [2.05, 4.69) is 0 Å². The average molecular weight is 345 g/mol. The van der Waals surface area contributed by atoms with Gasteiger partial charge in [-0.2, -0.15) is 5.26 Å². The number of carbonyl (C=O) groups is 2. The van der Waals surface area contributed by atoms with Gasteiger partial charge in [-0.15, -0.1) is 0 Å². The highest BCUT2D eigenvalue weighted by atomic mass is 16.6. The van der Waals surface area contributed by atoms with Gasteiger partial charge in [-0.1, -0.05) is 0 Å². The Morgan fingerprint density at radius 1 is 0.917 bits per heavy atom. The second-order valence-corrected chi connectivity index (χ2v) is 4.81. The van der Waals surface area contributed by atoms with Crippen LogP contribution in [-0.2, 0) is 33.3 Å². The molecule has 8 nitrogen and oxygen atoms in total. The Labute approximate surface area is 142 Å². The molecule has 0 aromatic rings. The van der Waals surface area contributed by atoms with Gasteiger partial charge in [-0.25, -0.2) is 0 Å². The van der Waals surface area contributed by atoms with Gasteiger partial charge in [-0.3, -0.25) is 9.59 Å². The normalized spacial score (nSPS) is 15.7. The summed E-state index contributed by atoms with van der Waals surface area (Å²) in [5, 5.41) is 9.34. The molecule has 0 saturated carbocycles. The van der Waals surface area contributed by atoms with Gasteiger partial charge in [0, 0.05) is 33.7 Å². The van der Waals surface area contributed by atoms with Crippen molar-refractivity contribution < 1.29 is 33.3 Å². The Morgan fingerprint density at radius 2 is 1.50 bits per heavy atom. The van der Waals surface area contributed by atoms with Crippen LogP contribution < -0.4 is 0 Å². The summed E-state index contributed by atoms with van der Waals surface area (Å²) in [6, 6.07) is 1.99. The maximum atomic E-state index is 11.5. The zero-order valence-electron chi connectivity index (χ0n) is 14.9. The number of hydrogen-bond acceptors (Lipinski definition) is 8. The minimum atomic E-state index is -1.03. The molecule has 0 fully saturated rings. The fourth-order valence-electron chi connectivity index (χ4n) is 2.12. The molecule has 24 heavy (non-hydrogen) atoms. The second kappa shape index (κ2) is 12.7. The van der Waals surface area contributed by atoms with E-state index in [1.807, 2.05) is 6.07 Å². The SMILES string of the molecule is CCOC[C@H](OC(C)=O)[C@H](OC(C)=O)[C@@H](OCC)[C@@H](C#N)OCC. The van der Waals surface area contributed by atoms with Gasteiger partial charge < -0.3 is 23.7 Å². The van der Waals surface area contributed by atoms with Gasteiger partial charge >= 0.3 is 11.9 Å². The Kier molecular flexibility index (Phi) is 11.8. The monoisotopic (exact) mass is 345 g/mol. The molecule has 0 saturated heterocycles. The minimum Gasteiger partial charge on any atom is -0.456 e. The third-order valence-electron chi connectivity index (χ3n) is 2.93. The largest absolute Gasteiger partial charge is 0.456 e. The fraction of sp³-hybridized carbons (Fsp3) is 0.812. The first-order valence-electron chi connectivity index (χ1n) is 7.96. The molecule has 0 heterocycles. The molecule has 0 spiro atoms. The number of carbonyl (C=O) groups excluding carboxylic acids is 2. The van der Waals surface area contributed by atoms with Crippen LogP contribution in [0, 0.1) is 11.3 Å². The number of nitrogens with zero attached hydrogens (tertiary/aromatic N) is 1. The van der Waals surface area contributed by atoms with E-state index in [9.17, 15) is 14.9 Å². The smallest absolute Gasteiger partial charge is 0.303 e. The van der Waals surface area contributed by atoms with Crippen LogP contribution in [0.25, 0.3) is 0 Å². The quantitative estimate of drug-likeness (QED) is 0.486. The molecule has 0 aromatic heterocycles. The van der Waals surface area contributed by atoms with E-state index in [1.165, 1.54) is 13.8 Å². The highest BCUT2D eigenvalue weighted by Gasteiger charge is 2.40. The molecular formula is C16H27NO7. The van der Waals surface area contributed by atoms with Crippen LogP contribution >= 0.6 is 0 Å². The third-order valence-corrected chi connectivity index (χ3v) is 2.93. The van der Waals surface area contributed by atoms with E-state index in [0.717, 1.165) is 0 Å². The fourth-order valence-corrected chi connectivity index (χ4v) is 2.12. The van der Waals surface area contributed by atoms with E-state index in [1.54, 1.807) is 20.8 Å². The minimum absolute atomic E-state index is 0.00186. The summed E-state index contributed by atoms with van der Waals surface area (Å²) in [5.41, 5.74) is 0. The molecule has 0 bridgehead atoms. The Bertz CT molecular complexity index is 421. The van der Waals surface area contributed by atoms with Crippen molar-refractivity contribution in [2.45, 2.75) is 59.0 Å². The highest BCUT2D eigenvalue weighted by molar-refractivity contribution is 5.67. The van der Waals surface area contributed by atoms with E-state index < -0.39 is 36.4 Å². The molecule has 4 atom stereocenters. The molecule has 0 aliphatic carbocycles. The average Bonchev–Trinajstić information content (AvgIpc) is 2.52. The van der Waals surface area contributed by atoms with Crippen LogP contribution in [0.2, 0.25) is 0 Å². The molecule has 0 aliphatic heterocycles. The predicted octanol–water partition coefficient (Wildman–Crippen LogP) is 1.22. The van der Waals surface area contributed by atoms with E-state index in [-0.39, 0.29) is 19.8 Å². The summed E-state index contributed by atoms with van der Waals surface area (Å²) < 4.78 is 26.8. The summed E-state index contributed by atoms with van der Waals surface area (Å²) >= 11 is 0. The Balaban J connectivity index is 5.61. The van der Waals surface area contributed by atoms with Crippen LogP contribution in [-0.4, -0.2) is 62.8 Å². The first-order valence-corrected chi connectivity index (χ1v) is 7.96. The molecule has 138 valence electrons. The molecule has 0 amide bonds.